The first-order valence-corrected chi connectivity index (χ1v) is 9.23. The summed E-state index contributed by atoms with van der Waals surface area (Å²) in [7, 11) is -2.42. The van der Waals surface area contributed by atoms with Crippen molar-refractivity contribution in [2.45, 2.75) is 11.8 Å². The number of fused-ring (bicyclic) bond motifs is 1. The second-order valence-electron chi connectivity index (χ2n) is 5.35. The van der Waals surface area contributed by atoms with Gasteiger partial charge in [-0.25, -0.2) is 13.2 Å². The lowest BCUT2D eigenvalue weighted by atomic mass is 10.2. The van der Waals surface area contributed by atoms with Gasteiger partial charge in [0.15, 0.2) is 5.69 Å². The molecule has 1 aromatic heterocycles. The number of anilines is 2. The third-order valence-corrected chi connectivity index (χ3v) is 5.71. The molecule has 0 bridgehead atoms. The summed E-state index contributed by atoms with van der Waals surface area (Å²) in [5.41, 5.74) is 0.133. The Hall–Kier alpha value is -2.51. The van der Waals surface area contributed by atoms with E-state index in [9.17, 15) is 13.2 Å². The van der Waals surface area contributed by atoms with Crippen LogP contribution in [0.4, 0.5) is 11.4 Å². The highest BCUT2D eigenvalue weighted by Crippen LogP contribution is 2.30. The van der Waals surface area contributed by atoms with Gasteiger partial charge < -0.3 is 9.73 Å². The zero-order valence-electron chi connectivity index (χ0n) is 13.5. The van der Waals surface area contributed by atoms with Gasteiger partial charge in [-0.15, -0.1) is 0 Å². The summed E-state index contributed by atoms with van der Waals surface area (Å²) in [5.74, 6) is 0. The second-order valence-corrected chi connectivity index (χ2v) is 7.41. The molecule has 0 spiro atoms. The Balaban J connectivity index is 2.19. The third-order valence-electron chi connectivity index (χ3n) is 3.81. The van der Waals surface area contributed by atoms with Crippen molar-refractivity contribution < 1.29 is 12.8 Å². The van der Waals surface area contributed by atoms with E-state index in [0.717, 1.165) is 0 Å². The van der Waals surface area contributed by atoms with E-state index in [0.29, 0.717) is 27.2 Å². The van der Waals surface area contributed by atoms with Crippen LogP contribution in [0.1, 0.15) is 5.56 Å². The van der Waals surface area contributed by atoms with Crippen LogP contribution in [0.25, 0.3) is 11.0 Å². The normalized spacial score (nSPS) is 11.5. The van der Waals surface area contributed by atoms with Gasteiger partial charge in [0.05, 0.1) is 10.6 Å². The average molecular weight is 379 g/mol. The van der Waals surface area contributed by atoms with E-state index in [1.54, 1.807) is 44.3 Å². The number of hydrogen-bond acceptors (Lipinski definition) is 5. The van der Waals surface area contributed by atoms with Crippen LogP contribution in [-0.4, -0.2) is 15.5 Å². The first-order chi connectivity index (χ1) is 11.8. The Bertz CT molecular complexity index is 1120. The third kappa shape index (κ3) is 3.08. The number of nitrogens with one attached hydrogen (secondary N) is 2. The summed E-state index contributed by atoms with van der Waals surface area (Å²) in [5, 5.41) is 3.78. The van der Waals surface area contributed by atoms with Crippen LogP contribution < -0.4 is 15.7 Å². The van der Waals surface area contributed by atoms with Crippen molar-refractivity contribution in [3.63, 3.8) is 0 Å². The van der Waals surface area contributed by atoms with E-state index in [2.05, 4.69) is 10.0 Å². The van der Waals surface area contributed by atoms with Crippen molar-refractivity contribution in [2.24, 2.45) is 0 Å². The molecule has 0 saturated carbocycles. The molecule has 0 amide bonds. The molecule has 0 aliphatic heterocycles. The van der Waals surface area contributed by atoms with Gasteiger partial charge in [-0.05, 0) is 36.8 Å². The first-order valence-electron chi connectivity index (χ1n) is 7.36. The number of hydrogen-bond donors (Lipinski definition) is 2. The Labute approximate surface area is 149 Å². The van der Waals surface area contributed by atoms with E-state index in [1.165, 1.54) is 12.1 Å². The molecule has 0 atom stereocenters. The van der Waals surface area contributed by atoms with Crippen molar-refractivity contribution in [1.29, 1.82) is 0 Å². The summed E-state index contributed by atoms with van der Waals surface area (Å²) in [6, 6.07) is 11.4. The topological polar surface area (TPSA) is 88.4 Å². The monoisotopic (exact) mass is 378 g/mol. The molecular formula is C17H15ClN2O4S. The molecule has 2 aromatic carbocycles. The first kappa shape index (κ1) is 17.3. The molecule has 0 radical (unpaired) electrons. The van der Waals surface area contributed by atoms with Crippen molar-refractivity contribution in [1.82, 2.24) is 0 Å². The van der Waals surface area contributed by atoms with Gasteiger partial charge in [0, 0.05) is 17.5 Å². The number of sulfonamides is 1. The Kier molecular flexibility index (Phi) is 4.45. The Morgan fingerprint density at radius 2 is 1.76 bits per heavy atom. The lowest BCUT2D eigenvalue weighted by Crippen LogP contribution is -2.21. The molecule has 130 valence electrons. The highest BCUT2D eigenvalue weighted by Gasteiger charge is 2.23. The predicted molar refractivity (Wildman–Crippen MR) is 99.0 cm³/mol. The average Bonchev–Trinajstić information content (AvgIpc) is 2.57. The molecule has 0 fully saturated rings. The summed E-state index contributed by atoms with van der Waals surface area (Å²) in [6.07, 6.45) is 0. The molecule has 0 aliphatic rings. The minimum atomic E-state index is -4.02. The SMILES string of the molecule is CNc1c(NS(=O)(=O)c2cccc(Cl)c2C)c(=O)oc2ccccc12. The van der Waals surface area contributed by atoms with Crippen molar-refractivity contribution >= 4 is 44.0 Å². The Morgan fingerprint density at radius 1 is 1.04 bits per heavy atom. The fourth-order valence-electron chi connectivity index (χ4n) is 2.57. The molecule has 0 aliphatic carbocycles. The number of rotatable bonds is 4. The second kappa shape index (κ2) is 6.42. The van der Waals surface area contributed by atoms with Gasteiger partial charge in [0.1, 0.15) is 5.58 Å². The smallest absolute Gasteiger partial charge is 0.363 e. The van der Waals surface area contributed by atoms with Gasteiger partial charge in [0.2, 0.25) is 0 Å². The van der Waals surface area contributed by atoms with E-state index in [-0.39, 0.29) is 10.6 Å². The molecule has 0 saturated heterocycles. The van der Waals surface area contributed by atoms with Gasteiger partial charge in [-0.1, -0.05) is 29.8 Å². The molecule has 1 heterocycles. The predicted octanol–water partition coefficient (Wildman–Crippen LogP) is 3.60. The maximum Gasteiger partial charge on any atom is 0.363 e. The summed E-state index contributed by atoms with van der Waals surface area (Å²) in [4.78, 5) is 12.3. The number of halogens is 1. The van der Waals surface area contributed by atoms with Gasteiger partial charge in [-0.3, -0.25) is 4.72 Å². The quantitative estimate of drug-likeness (QED) is 0.677. The molecule has 3 aromatic rings. The van der Waals surface area contributed by atoms with Gasteiger partial charge in [0.25, 0.3) is 10.0 Å². The van der Waals surface area contributed by atoms with E-state index >= 15 is 0 Å². The van der Waals surface area contributed by atoms with Crippen molar-refractivity contribution in [3.05, 3.63) is 63.5 Å². The van der Waals surface area contributed by atoms with E-state index in [4.69, 9.17) is 16.0 Å². The zero-order chi connectivity index (χ0) is 18.2. The number of benzene rings is 2. The molecule has 0 unspecified atom stereocenters. The number of para-hydroxylation sites is 1. The largest absolute Gasteiger partial charge is 0.421 e. The molecule has 3 rings (SSSR count). The summed E-state index contributed by atoms with van der Waals surface area (Å²) < 4.78 is 33.1. The fourth-order valence-corrected chi connectivity index (χ4v) is 4.14. The molecule has 2 N–H and O–H groups in total. The van der Waals surface area contributed by atoms with Crippen LogP contribution in [0, 0.1) is 6.92 Å². The molecule has 6 nitrogen and oxygen atoms in total. The van der Waals surface area contributed by atoms with E-state index < -0.39 is 15.6 Å². The maximum atomic E-state index is 12.8. The lowest BCUT2D eigenvalue weighted by molar-refractivity contribution is 0.563. The van der Waals surface area contributed by atoms with Crippen LogP contribution in [0.15, 0.2) is 56.6 Å². The molecule has 8 heteroatoms. The Morgan fingerprint density at radius 3 is 2.48 bits per heavy atom. The van der Waals surface area contributed by atoms with Crippen molar-refractivity contribution in [2.75, 3.05) is 17.1 Å². The maximum absolute atomic E-state index is 12.8. The van der Waals surface area contributed by atoms with Crippen molar-refractivity contribution in [3.8, 4) is 0 Å². The standard InChI is InChI=1S/C17H15ClN2O4S/c1-10-12(18)7-5-9-14(10)25(22,23)20-16-15(19-2)11-6-3-4-8-13(11)24-17(16)21/h3-9,19-20H,1-2H3. The highest BCUT2D eigenvalue weighted by atomic mass is 35.5. The minimum absolute atomic E-state index is 0.00499. The molecular weight excluding hydrogens is 364 g/mol. The van der Waals surface area contributed by atoms with Gasteiger partial charge >= 0.3 is 5.63 Å². The van der Waals surface area contributed by atoms with Crippen LogP contribution in [0.3, 0.4) is 0 Å². The summed E-state index contributed by atoms with van der Waals surface area (Å²) >= 11 is 6.01. The van der Waals surface area contributed by atoms with Crippen LogP contribution in [0.2, 0.25) is 5.02 Å². The van der Waals surface area contributed by atoms with Crippen LogP contribution in [0.5, 0.6) is 0 Å². The van der Waals surface area contributed by atoms with Crippen LogP contribution >= 0.6 is 11.6 Å². The zero-order valence-corrected chi connectivity index (χ0v) is 15.0. The summed E-state index contributed by atoms with van der Waals surface area (Å²) in [6.45, 7) is 1.60. The van der Waals surface area contributed by atoms with Gasteiger partial charge in [-0.2, -0.15) is 0 Å². The van der Waals surface area contributed by atoms with Crippen LogP contribution in [-0.2, 0) is 10.0 Å². The fraction of sp³-hybridized carbons (Fsp3) is 0.118. The minimum Gasteiger partial charge on any atom is -0.421 e. The molecule has 25 heavy (non-hydrogen) atoms. The highest BCUT2D eigenvalue weighted by molar-refractivity contribution is 7.92. The van der Waals surface area contributed by atoms with E-state index in [1.807, 2.05) is 0 Å². The lowest BCUT2D eigenvalue weighted by Gasteiger charge is -2.14.